The van der Waals surface area contributed by atoms with Gasteiger partial charge in [-0.05, 0) is 60.7 Å². The molecule has 6 heteroatoms. The summed E-state index contributed by atoms with van der Waals surface area (Å²) < 4.78 is 5.60. The SMILES string of the molecule is Cc1ccc2c(c1)OCC(=O)N2Cc1ccc(C(=O)NC2CCN(Cc3ccccc3)CC2)cc1. The summed E-state index contributed by atoms with van der Waals surface area (Å²) in [5.41, 5.74) is 4.82. The largest absolute Gasteiger partial charge is 0.482 e. The van der Waals surface area contributed by atoms with Crippen molar-refractivity contribution in [2.24, 2.45) is 0 Å². The quantitative estimate of drug-likeness (QED) is 0.584. The topological polar surface area (TPSA) is 61.9 Å². The third-order valence-corrected chi connectivity index (χ3v) is 6.79. The number of carbonyl (C=O) groups is 2. The fourth-order valence-corrected chi connectivity index (χ4v) is 4.77. The molecule has 0 unspecified atom stereocenters. The third kappa shape index (κ3) is 5.54. The molecule has 5 rings (SSSR count). The van der Waals surface area contributed by atoms with Gasteiger partial charge in [-0.2, -0.15) is 0 Å². The van der Waals surface area contributed by atoms with E-state index in [1.54, 1.807) is 4.90 Å². The van der Waals surface area contributed by atoms with Gasteiger partial charge in [-0.25, -0.2) is 0 Å². The van der Waals surface area contributed by atoms with E-state index >= 15 is 0 Å². The molecule has 0 bridgehead atoms. The lowest BCUT2D eigenvalue weighted by atomic mass is 10.0. The van der Waals surface area contributed by atoms with Crippen LogP contribution in [0.1, 0.15) is 39.9 Å². The number of rotatable bonds is 6. The van der Waals surface area contributed by atoms with Crippen molar-refractivity contribution in [1.82, 2.24) is 10.2 Å². The molecule has 0 aliphatic carbocycles. The molecule has 2 aliphatic heterocycles. The van der Waals surface area contributed by atoms with Gasteiger partial charge in [0, 0.05) is 31.2 Å². The monoisotopic (exact) mass is 469 g/mol. The van der Waals surface area contributed by atoms with E-state index in [0.29, 0.717) is 12.1 Å². The lowest BCUT2D eigenvalue weighted by molar-refractivity contribution is -0.121. The smallest absolute Gasteiger partial charge is 0.265 e. The Bertz CT molecular complexity index is 1190. The molecular weight excluding hydrogens is 438 g/mol. The first-order chi connectivity index (χ1) is 17.0. The third-order valence-electron chi connectivity index (χ3n) is 6.79. The van der Waals surface area contributed by atoms with Crippen molar-refractivity contribution in [2.75, 3.05) is 24.6 Å². The van der Waals surface area contributed by atoms with E-state index in [1.165, 1.54) is 5.56 Å². The number of hydrogen-bond acceptors (Lipinski definition) is 4. The van der Waals surface area contributed by atoms with Crippen molar-refractivity contribution >= 4 is 17.5 Å². The summed E-state index contributed by atoms with van der Waals surface area (Å²) in [6.45, 7) is 5.41. The molecule has 6 nitrogen and oxygen atoms in total. The number of hydrogen-bond donors (Lipinski definition) is 1. The lowest BCUT2D eigenvalue weighted by Gasteiger charge is -2.32. The van der Waals surface area contributed by atoms with E-state index in [-0.39, 0.29) is 24.5 Å². The van der Waals surface area contributed by atoms with E-state index in [4.69, 9.17) is 4.74 Å². The van der Waals surface area contributed by atoms with Crippen LogP contribution in [-0.4, -0.2) is 42.5 Å². The Hall–Kier alpha value is -3.64. The van der Waals surface area contributed by atoms with Crippen LogP contribution in [0.2, 0.25) is 0 Å². The highest BCUT2D eigenvalue weighted by Crippen LogP contribution is 2.33. The standard InChI is InChI=1S/C29H31N3O3/c1-21-7-12-26-27(17-21)35-20-28(33)32(26)19-23-8-10-24(11-9-23)29(34)30-25-13-15-31(16-14-25)18-22-5-3-2-4-6-22/h2-12,17,25H,13-16,18-20H2,1H3,(H,30,34). The van der Waals surface area contributed by atoms with Crippen LogP contribution in [0, 0.1) is 6.92 Å². The number of likely N-dealkylation sites (tertiary alicyclic amines) is 1. The number of benzene rings is 3. The van der Waals surface area contributed by atoms with E-state index in [9.17, 15) is 9.59 Å². The molecule has 1 fully saturated rings. The van der Waals surface area contributed by atoms with Crippen molar-refractivity contribution in [2.45, 2.75) is 38.9 Å². The van der Waals surface area contributed by atoms with Crippen LogP contribution in [0.25, 0.3) is 0 Å². The number of nitrogens with zero attached hydrogens (tertiary/aromatic N) is 2. The van der Waals surface area contributed by atoms with E-state index in [0.717, 1.165) is 55.0 Å². The molecule has 35 heavy (non-hydrogen) atoms. The first-order valence-corrected chi connectivity index (χ1v) is 12.2. The molecule has 3 aromatic rings. The van der Waals surface area contributed by atoms with Gasteiger partial charge in [0.05, 0.1) is 12.2 Å². The minimum absolute atomic E-state index is 0.0404. The number of carbonyl (C=O) groups excluding carboxylic acids is 2. The van der Waals surface area contributed by atoms with Gasteiger partial charge in [-0.3, -0.25) is 14.5 Å². The van der Waals surface area contributed by atoms with Gasteiger partial charge in [-0.15, -0.1) is 0 Å². The van der Waals surface area contributed by atoms with Crippen LogP contribution in [0.3, 0.4) is 0 Å². The first kappa shape index (κ1) is 23.1. The summed E-state index contributed by atoms with van der Waals surface area (Å²) in [6.07, 6.45) is 1.91. The zero-order valence-electron chi connectivity index (χ0n) is 20.1. The summed E-state index contributed by atoms with van der Waals surface area (Å²) in [6, 6.07) is 24.1. The van der Waals surface area contributed by atoms with Gasteiger partial charge in [-0.1, -0.05) is 48.5 Å². The van der Waals surface area contributed by atoms with E-state index in [2.05, 4.69) is 34.5 Å². The molecule has 0 radical (unpaired) electrons. The molecule has 2 heterocycles. The van der Waals surface area contributed by atoms with Crippen LogP contribution in [0.4, 0.5) is 5.69 Å². The highest BCUT2D eigenvalue weighted by atomic mass is 16.5. The number of anilines is 1. The summed E-state index contributed by atoms with van der Waals surface area (Å²) >= 11 is 0. The molecule has 2 aliphatic rings. The molecule has 2 amide bonds. The van der Waals surface area contributed by atoms with Gasteiger partial charge in [0.1, 0.15) is 5.75 Å². The van der Waals surface area contributed by atoms with E-state index < -0.39 is 0 Å². The average Bonchev–Trinajstić information content (AvgIpc) is 2.88. The molecule has 0 saturated carbocycles. The van der Waals surface area contributed by atoms with Crippen LogP contribution < -0.4 is 15.0 Å². The molecule has 1 saturated heterocycles. The maximum atomic E-state index is 12.8. The molecule has 180 valence electrons. The van der Waals surface area contributed by atoms with Crippen molar-refractivity contribution in [3.05, 3.63) is 95.1 Å². The summed E-state index contributed by atoms with van der Waals surface area (Å²) in [5.74, 6) is 0.624. The second kappa shape index (κ2) is 10.3. The van der Waals surface area contributed by atoms with Gasteiger partial charge >= 0.3 is 0 Å². The fraction of sp³-hybridized carbons (Fsp3) is 0.310. The highest BCUT2D eigenvalue weighted by Gasteiger charge is 2.26. The van der Waals surface area contributed by atoms with Crippen molar-refractivity contribution in [3.63, 3.8) is 0 Å². The minimum atomic E-state index is -0.0678. The molecule has 1 N–H and O–H groups in total. The highest BCUT2D eigenvalue weighted by molar-refractivity contribution is 5.98. The molecule has 0 spiro atoms. The number of nitrogens with one attached hydrogen (secondary N) is 1. The minimum Gasteiger partial charge on any atom is -0.482 e. The Balaban J connectivity index is 1.15. The number of piperidine rings is 1. The number of aryl methyl sites for hydroxylation is 1. The van der Waals surface area contributed by atoms with Crippen LogP contribution >= 0.6 is 0 Å². The number of ether oxygens (including phenoxy) is 1. The van der Waals surface area contributed by atoms with Crippen molar-refractivity contribution in [3.8, 4) is 5.75 Å². The average molecular weight is 470 g/mol. The Morgan fingerprint density at radius 2 is 1.66 bits per heavy atom. The Morgan fingerprint density at radius 1 is 0.943 bits per heavy atom. The Labute approximate surface area is 206 Å². The maximum Gasteiger partial charge on any atom is 0.265 e. The number of amides is 2. The van der Waals surface area contributed by atoms with Gasteiger partial charge < -0.3 is 15.0 Å². The zero-order chi connectivity index (χ0) is 24.2. The van der Waals surface area contributed by atoms with Gasteiger partial charge in [0.25, 0.3) is 11.8 Å². The normalized spacial score (nSPS) is 16.5. The van der Waals surface area contributed by atoms with E-state index in [1.807, 2.05) is 55.5 Å². The molecule has 0 atom stereocenters. The van der Waals surface area contributed by atoms with Gasteiger partial charge in [0.15, 0.2) is 6.61 Å². The van der Waals surface area contributed by atoms with Crippen molar-refractivity contribution < 1.29 is 14.3 Å². The molecule has 3 aromatic carbocycles. The number of fused-ring (bicyclic) bond motifs is 1. The van der Waals surface area contributed by atoms with Crippen molar-refractivity contribution in [1.29, 1.82) is 0 Å². The Morgan fingerprint density at radius 3 is 2.40 bits per heavy atom. The van der Waals surface area contributed by atoms with Crippen LogP contribution in [0.5, 0.6) is 5.75 Å². The van der Waals surface area contributed by atoms with Gasteiger partial charge in [0.2, 0.25) is 0 Å². The molecular formula is C29H31N3O3. The maximum absolute atomic E-state index is 12.8. The second-order valence-corrected chi connectivity index (χ2v) is 9.45. The van der Waals surface area contributed by atoms with Crippen LogP contribution in [-0.2, 0) is 17.9 Å². The zero-order valence-corrected chi connectivity index (χ0v) is 20.1. The summed E-state index contributed by atoms with van der Waals surface area (Å²) in [5, 5.41) is 3.20. The predicted octanol–water partition coefficient (Wildman–Crippen LogP) is 4.32. The fourth-order valence-electron chi connectivity index (χ4n) is 4.77. The summed E-state index contributed by atoms with van der Waals surface area (Å²) in [7, 11) is 0. The first-order valence-electron chi connectivity index (χ1n) is 12.2. The lowest BCUT2D eigenvalue weighted by Crippen LogP contribution is -2.44. The second-order valence-electron chi connectivity index (χ2n) is 9.45. The predicted molar refractivity (Wildman–Crippen MR) is 137 cm³/mol. The summed E-state index contributed by atoms with van der Waals surface area (Å²) in [4.78, 5) is 29.5. The Kier molecular flexibility index (Phi) is 6.82. The van der Waals surface area contributed by atoms with Crippen LogP contribution in [0.15, 0.2) is 72.8 Å². The molecule has 0 aromatic heterocycles.